The quantitative estimate of drug-likeness (QED) is 0.820. The van der Waals surface area contributed by atoms with E-state index in [0.717, 1.165) is 38.3 Å². The van der Waals surface area contributed by atoms with Gasteiger partial charge in [-0.05, 0) is 58.0 Å². The minimum absolute atomic E-state index is 0.816. The zero-order chi connectivity index (χ0) is 13.5. The van der Waals surface area contributed by atoms with Crippen molar-refractivity contribution in [3.8, 4) is 0 Å². The second-order valence-electron chi connectivity index (χ2n) is 5.33. The average Bonchev–Trinajstić information content (AvgIpc) is 2.65. The summed E-state index contributed by atoms with van der Waals surface area (Å²) in [6, 6.07) is 4.31. The van der Waals surface area contributed by atoms with Crippen LogP contribution in [0, 0.1) is 6.92 Å². The molecule has 2 heterocycles. The molecule has 0 saturated carbocycles. The number of unbranched alkanes of at least 4 members (excludes halogenated alkanes) is 1. The fourth-order valence-electron chi connectivity index (χ4n) is 2.66. The first kappa shape index (κ1) is 14.3. The Bertz CT molecular complexity index is 380. The number of aromatic nitrogens is 1. The van der Waals surface area contributed by atoms with Gasteiger partial charge in [-0.1, -0.05) is 0 Å². The topological polar surface area (TPSA) is 45.4 Å². The smallest absolute Gasteiger partial charge is 0.0400 e. The number of nitrogens with zero attached hydrogens (tertiary/aromatic N) is 3. The van der Waals surface area contributed by atoms with E-state index < -0.39 is 0 Å². The summed E-state index contributed by atoms with van der Waals surface area (Å²) in [7, 11) is 0. The van der Waals surface area contributed by atoms with E-state index in [1.807, 2.05) is 6.20 Å². The number of nitrogens with two attached hydrogens (primary N) is 1. The zero-order valence-corrected chi connectivity index (χ0v) is 12.0. The molecule has 4 heteroatoms. The molecule has 0 unspecified atom stereocenters. The molecule has 0 bridgehead atoms. The molecule has 1 aliphatic heterocycles. The van der Waals surface area contributed by atoms with Crippen LogP contribution < -0.4 is 10.6 Å². The molecule has 106 valence electrons. The van der Waals surface area contributed by atoms with Gasteiger partial charge in [0.15, 0.2) is 0 Å². The molecule has 0 aliphatic carbocycles. The maximum atomic E-state index is 5.55. The number of anilines is 1. The summed E-state index contributed by atoms with van der Waals surface area (Å²) in [6.07, 6.45) is 5.52. The van der Waals surface area contributed by atoms with Crippen molar-refractivity contribution in [1.82, 2.24) is 9.88 Å². The van der Waals surface area contributed by atoms with Gasteiger partial charge in [-0.3, -0.25) is 4.98 Å². The molecule has 1 fully saturated rings. The van der Waals surface area contributed by atoms with E-state index in [2.05, 4.69) is 33.8 Å². The van der Waals surface area contributed by atoms with Crippen LogP contribution in [0.1, 0.15) is 25.0 Å². The van der Waals surface area contributed by atoms with Gasteiger partial charge in [0.2, 0.25) is 0 Å². The first-order valence-corrected chi connectivity index (χ1v) is 7.39. The SMILES string of the molecule is Cc1cc(N2CCCN(CCCCN)CC2)ccn1. The van der Waals surface area contributed by atoms with Gasteiger partial charge in [0.25, 0.3) is 0 Å². The highest BCUT2D eigenvalue weighted by Gasteiger charge is 2.14. The monoisotopic (exact) mass is 262 g/mol. The fourth-order valence-corrected chi connectivity index (χ4v) is 2.66. The maximum absolute atomic E-state index is 5.55. The van der Waals surface area contributed by atoms with Crippen LogP contribution in [0.2, 0.25) is 0 Å². The largest absolute Gasteiger partial charge is 0.370 e. The van der Waals surface area contributed by atoms with E-state index in [-0.39, 0.29) is 0 Å². The Morgan fingerprint density at radius 3 is 2.89 bits per heavy atom. The third kappa shape index (κ3) is 4.48. The summed E-state index contributed by atoms with van der Waals surface area (Å²) in [5.74, 6) is 0. The first-order valence-electron chi connectivity index (χ1n) is 7.39. The van der Waals surface area contributed by atoms with Crippen molar-refractivity contribution in [3.63, 3.8) is 0 Å². The van der Waals surface area contributed by atoms with Crippen LogP contribution in [-0.4, -0.2) is 49.2 Å². The average molecular weight is 262 g/mol. The van der Waals surface area contributed by atoms with E-state index in [9.17, 15) is 0 Å². The lowest BCUT2D eigenvalue weighted by Crippen LogP contribution is -2.31. The molecule has 19 heavy (non-hydrogen) atoms. The molecule has 0 spiro atoms. The van der Waals surface area contributed by atoms with Crippen LogP contribution in [0.4, 0.5) is 5.69 Å². The Labute approximate surface area is 116 Å². The van der Waals surface area contributed by atoms with Gasteiger partial charge in [-0.25, -0.2) is 0 Å². The van der Waals surface area contributed by atoms with Crippen molar-refractivity contribution in [2.24, 2.45) is 5.73 Å². The Balaban J connectivity index is 1.86. The van der Waals surface area contributed by atoms with E-state index in [4.69, 9.17) is 5.73 Å². The summed E-state index contributed by atoms with van der Waals surface area (Å²) >= 11 is 0. The number of aryl methyl sites for hydroxylation is 1. The summed E-state index contributed by atoms with van der Waals surface area (Å²) in [5, 5.41) is 0. The van der Waals surface area contributed by atoms with Crippen molar-refractivity contribution >= 4 is 5.69 Å². The summed E-state index contributed by atoms with van der Waals surface area (Å²) < 4.78 is 0. The van der Waals surface area contributed by atoms with Crippen LogP contribution in [-0.2, 0) is 0 Å². The van der Waals surface area contributed by atoms with Crippen LogP contribution >= 0.6 is 0 Å². The van der Waals surface area contributed by atoms with Gasteiger partial charge < -0.3 is 15.5 Å². The molecule has 2 rings (SSSR count). The molecular weight excluding hydrogens is 236 g/mol. The van der Waals surface area contributed by atoms with Crippen LogP contribution in [0.15, 0.2) is 18.3 Å². The van der Waals surface area contributed by atoms with E-state index in [1.165, 1.54) is 31.6 Å². The molecule has 1 aliphatic rings. The van der Waals surface area contributed by atoms with Crippen LogP contribution in [0.5, 0.6) is 0 Å². The molecule has 0 atom stereocenters. The minimum Gasteiger partial charge on any atom is -0.370 e. The van der Waals surface area contributed by atoms with Crippen molar-refractivity contribution < 1.29 is 0 Å². The second kappa shape index (κ2) is 7.46. The van der Waals surface area contributed by atoms with Gasteiger partial charge >= 0.3 is 0 Å². The minimum atomic E-state index is 0.816. The number of hydrogen-bond acceptors (Lipinski definition) is 4. The van der Waals surface area contributed by atoms with E-state index >= 15 is 0 Å². The Morgan fingerprint density at radius 1 is 1.21 bits per heavy atom. The summed E-state index contributed by atoms with van der Waals surface area (Å²) in [6.45, 7) is 8.71. The zero-order valence-electron chi connectivity index (χ0n) is 12.0. The molecule has 0 aromatic carbocycles. The third-order valence-electron chi connectivity index (χ3n) is 3.76. The number of hydrogen-bond donors (Lipinski definition) is 1. The third-order valence-corrected chi connectivity index (χ3v) is 3.76. The van der Waals surface area contributed by atoms with Gasteiger partial charge in [-0.2, -0.15) is 0 Å². The Kier molecular flexibility index (Phi) is 5.61. The van der Waals surface area contributed by atoms with Crippen molar-refractivity contribution in [3.05, 3.63) is 24.0 Å². The molecule has 0 amide bonds. The Hall–Kier alpha value is -1.13. The molecule has 2 N–H and O–H groups in total. The van der Waals surface area contributed by atoms with Gasteiger partial charge in [0, 0.05) is 37.2 Å². The number of pyridine rings is 1. The fraction of sp³-hybridized carbons (Fsp3) is 0.667. The van der Waals surface area contributed by atoms with E-state index in [0.29, 0.717) is 0 Å². The van der Waals surface area contributed by atoms with E-state index in [1.54, 1.807) is 0 Å². The number of rotatable bonds is 5. The lowest BCUT2D eigenvalue weighted by Gasteiger charge is -2.23. The molecule has 0 radical (unpaired) electrons. The van der Waals surface area contributed by atoms with Crippen molar-refractivity contribution in [2.45, 2.75) is 26.2 Å². The lowest BCUT2D eigenvalue weighted by molar-refractivity contribution is 0.288. The Morgan fingerprint density at radius 2 is 2.11 bits per heavy atom. The molecular formula is C15H26N4. The van der Waals surface area contributed by atoms with Gasteiger partial charge in [0.1, 0.15) is 0 Å². The highest BCUT2D eigenvalue weighted by Crippen LogP contribution is 2.16. The highest BCUT2D eigenvalue weighted by atomic mass is 15.2. The lowest BCUT2D eigenvalue weighted by atomic mass is 10.3. The molecule has 4 nitrogen and oxygen atoms in total. The predicted molar refractivity (Wildman–Crippen MR) is 80.5 cm³/mol. The molecule has 1 aromatic heterocycles. The first-order chi connectivity index (χ1) is 9.29. The van der Waals surface area contributed by atoms with Gasteiger partial charge in [-0.15, -0.1) is 0 Å². The van der Waals surface area contributed by atoms with Crippen LogP contribution in [0.3, 0.4) is 0 Å². The van der Waals surface area contributed by atoms with Crippen molar-refractivity contribution in [1.29, 1.82) is 0 Å². The second-order valence-corrected chi connectivity index (χ2v) is 5.33. The maximum Gasteiger partial charge on any atom is 0.0400 e. The summed E-state index contributed by atoms with van der Waals surface area (Å²) in [4.78, 5) is 9.33. The predicted octanol–water partition coefficient (Wildman–Crippen LogP) is 1.64. The highest BCUT2D eigenvalue weighted by molar-refractivity contribution is 5.46. The molecule has 1 aromatic rings. The molecule has 1 saturated heterocycles. The van der Waals surface area contributed by atoms with Crippen molar-refractivity contribution in [2.75, 3.05) is 44.2 Å². The van der Waals surface area contributed by atoms with Gasteiger partial charge in [0.05, 0.1) is 0 Å². The summed E-state index contributed by atoms with van der Waals surface area (Å²) in [5.41, 5.74) is 7.97. The standard InChI is InChI=1S/C15H26N4/c1-14-13-15(5-7-17-14)19-10-4-9-18(11-12-19)8-3-2-6-16/h5,7,13H,2-4,6,8-12,16H2,1H3. The van der Waals surface area contributed by atoms with Crippen LogP contribution in [0.25, 0.3) is 0 Å². The normalized spacial score (nSPS) is 17.5.